The molecule has 1 atom stereocenters. The Bertz CT molecular complexity index is 1780. The fourth-order valence-electron chi connectivity index (χ4n) is 6.25. The number of para-hydroxylation sites is 1. The number of nitrogens with zero attached hydrogens (tertiary/aromatic N) is 4. The topological polar surface area (TPSA) is 136 Å². The number of aliphatic hydroxyl groups is 1. The highest BCUT2D eigenvalue weighted by atomic mass is 35.5. The minimum atomic E-state index is -1.59. The number of rotatable bonds is 20. The van der Waals surface area contributed by atoms with Crippen LogP contribution in [-0.2, 0) is 20.7 Å². The van der Waals surface area contributed by atoms with E-state index in [0.717, 1.165) is 29.5 Å². The zero-order chi connectivity index (χ0) is 36.7. The predicted molar refractivity (Wildman–Crippen MR) is 202 cm³/mol. The standard InChI is InChI=1S/C40H48ClN5O6/c1-2-3-4-5-6-7-8-9-10-16-26-51-39(50)31-21-22-32(41)33(28-31)42-37(48)35(38(49)45-24-23-29-17-14-15-20-34(29)45)46-40(52-27-25-47)43-36(44-46)30-18-12-11-13-19-30/h11-15,17-22,28,35,47H,2-10,16,23-27H2,1H3,(H,42,48). The van der Waals surface area contributed by atoms with Gasteiger partial charge in [0.1, 0.15) is 6.61 Å². The van der Waals surface area contributed by atoms with Gasteiger partial charge in [-0.3, -0.25) is 9.59 Å². The van der Waals surface area contributed by atoms with Crippen molar-refractivity contribution in [2.24, 2.45) is 0 Å². The number of carbonyl (C=O) groups excluding carboxylic acids is 3. The number of hydrogen-bond acceptors (Lipinski definition) is 8. The highest BCUT2D eigenvalue weighted by molar-refractivity contribution is 6.34. The van der Waals surface area contributed by atoms with E-state index < -0.39 is 23.8 Å². The Morgan fingerprint density at radius 2 is 1.58 bits per heavy atom. The van der Waals surface area contributed by atoms with E-state index in [2.05, 4.69) is 22.3 Å². The number of amides is 2. The van der Waals surface area contributed by atoms with Crippen molar-refractivity contribution in [2.45, 2.75) is 83.6 Å². The molecule has 0 radical (unpaired) electrons. The maximum atomic E-state index is 14.4. The summed E-state index contributed by atoms with van der Waals surface area (Å²) in [5, 5.41) is 17.0. The molecule has 3 aromatic carbocycles. The zero-order valence-corrected chi connectivity index (χ0v) is 30.5. The summed E-state index contributed by atoms with van der Waals surface area (Å²) in [6.45, 7) is 2.41. The molecule has 11 nitrogen and oxygen atoms in total. The summed E-state index contributed by atoms with van der Waals surface area (Å²) in [6, 6.07) is 19.3. The number of hydrogen-bond donors (Lipinski definition) is 2. The summed E-state index contributed by atoms with van der Waals surface area (Å²) in [7, 11) is 0. The van der Waals surface area contributed by atoms with Crippen LogP contribution in [0.3, 0.4) is 0 Å². The Hall–Kier alpha value is -4.74. The summed E-state index contributed by atoms with van der Waals surface area (Å²) in [5.74, 6) is -1.64. The normalized spacial score (nSPS) is 12.7. The van der Waals surface area contributed by atoms with Gasteiger partial charge in [0.05, 0.1) is 29.5 Å². The Morgan fingerprint density at radius 3 is 2.31 bits per heavy atom. The van der Waals surface area contributed by atoms with Gasteiger partial charge in [-0.15, -0.1) is 5.10 Å². The molecule has 5 rings (SSSR count). The van der Waals surface area contributed by atoms with E-state index in [9.17, 15) is 19.5 Å². The van der Waals surface area contributed by atoms with Crippen LogP contribution < -0.4 is 15.0 Å². The third-order valence-electron chi connectivity index (χ3n) is 9.03. The summed E-state index contributed by atoms with van der Waals surface area (Å²) in [5.41, 5.74) is 2.64. The number of nitrogens with one attached hydrogen (secondary N) is 1. The molecule has 0 fully saturated rings. The molecule has 0 spiro atoms. The lowest BCUT2D eigenvalue weighted by Crippen LogP contribution is -2.43. The number of esters is 1. The summed E-state index contributed by atoms with van der Waals surface area (Å²) < 4.78 is 12.4. The second-order valence-corrected chi connectivity index (χ2v) is 13.3. The minimum absolute atomic E-state index is 0.121. The molecule has 0 saturated heterocycles. The second-order valence-electron chi connectivity index (χ2n) is 12.9. The molecular formula is C40H48ClN5O6. The molecule has 276 valence electrons. The fraction of sp³-hybridized carbons (Fsp3) is 0.425. The molecule has 4 aromatic rings. The van der Waals surface area contributed by atoms with E-state index in [4.69, 9.17) is 21.1 Å². The third-order valence-corrected chi connectivity index (χ3v) is 9.36. The summed E-state index contributed by atoms with van der Waals surface area (Å²) in [6.07, 6.45) is 12.4. The van der Waals surface area contributed by atoms with Crippen molar-refractivity contribution in [2.75, 3.05) is 36.6 Å². The molecule has 0 aliphatic carbocycles. The van der Waals surface area contributed by atoms with Gasteiger partial charge in [0.15, 0.2) is 5.82 Å². The van der Waals surface area contributed by atoms with Gasteiger partial charge < -0.3 is 24.8 Å². The van der Waals surface area contributed by atoms with Crippen molar-refractivity contribution in [3.8, 4) is 17.4 Å². The zero-order valence-electron chi connectivity index (χ0n) is 29.8. The maximum Gasteiger partial charge on any atom is 0.338 e. The maximum absolute atomic E-state index is 14.4. The van der Waals surface area contributed by atoms with Crippen LogP contribution in [0.2, 0.25) is 5.02 Å². The quantitative estimate of drug-likeness (QED) is 0.0534. The first-order valence-electron chi connectivity index (χ1n) is 18.3. The molecule has 1 unspecified atom stereocenters. The minimum Gasteiger partial charge on any atom is -0.462 e. The van der Waals surface area contributed by atoms with E-state index >= 15 is 0 Å². The van der Waals surface area contributed by atoms with E-state index in [1.807, 2.05) is 42.5 Å². The Kier molecular flexibility index (Phi) is 14.6. The van der Waals surface area contributed by atoms with Gasteiger partial charge in [-0.25, -0.2) is 4.79 Å². The average molecular weight is 730 g/mol. The number of anilines is 2. The Labute approximate surface area is 310 Å². The van der Waals surface area contributed by atoms with Crippen LogP contribution in [0.15, 0.2) is 72.8 Å². The first-order chi connectivity index (χ1) is 25.4. The number of halogens is 1. The molecular weight excluding hydrogens is 682 g/mol. The van der Waals surface area contributed by atoms with Gasteiger partial charge in [-0.2, -0.15) is 9.67 Å². The summed E-state index contributed by atoms with van der Waals surface area (Å²) >= 11 is 6.53. The first kappa shape index (κ1) is 38.5. The molecule has 1 aromatic heterocycles. The first-order valence-corrected chi connectivity index (χ1v) is 18.7. The van der Waals surface area contributed by atoms with Gasteiger partial charge in [-0.05, 0) is 42.7 Å². The molecule has 2 N–H and O–H groups in total. The van der Waals surface area contributed by atoms with Gasteiger partial charge >= 0.3 is 12.0 Å². The lowest BCUT2D eigenvalue weighted by Gasteiger charge is -2.24. The molecule has 12 heteroatoms. The Morgan fingerprint density at radius 1 is 0.885 bits per heavy atom. The fourth-order valence-corrected chi connectivity index (χ4v) is 6.42. The number of aromatic nitrogens is 3. The number of fused-ring (bicyclic) bond motifs is 1. The van der Waals surface area contributed by atoms with E-state index in [1.165, 1.54) is 63.1 Å². The van der Waals surface area contributed by atoms with Gasteiger partial charge in [0.2, 0.25) is 6.04 Å². The number of unbranched alkanes of at least 4 members (excludes halogenated alkanes) is 9. The van der Waals surface area contributed by atoms with Crippen molar-refractivity contribution in [1.82, 2.24) is 14.8 Å². The monoisotopic (exact) mass is 729 g/mol. The van der Waals surface area contributed by atoms with Crippen LogP contribution >= 0.6 is 11.6 Å². The predicted octanol–water partition coefficient (Wildman–Crippen LogP) is 7.82. The van der Waals surface area contributed by atoms with Crippen LogP contribution in [0.5, 0.6) is 6.01 Å². The van der Waals surface area contributed by atoms with E-state index in [1.54, 1.807) is 17.0 Å². The molecule has 0 bridgehead atoms. The van der Waals surface area contributed by atoms with Gasteiger partial charge in [0.25, 0.3) is 11.8 Å². The van der Waals surface area contributed by atoms with Crippen LogP contribution in [0.4, 0.5) is 11.4 Å². The number of benzene rings is 3. The van der Waals surface area contributed by atoms with E-state index in [0.29, 0.717) is 30.8 Å². The van der Waals surface area contributed by atoms with Crippen molar-refractivity contribution in [3.63, 3.8) is 0 Å². The molecule has 1 aliphatic heterocycles. The highest BCUT2D eigenvalue weighted by Crippen LogP contribution is 2.33. The molecule has 2 amide bonds. The number of ether oxygens (including phenoxy) is 2. The van der Waals surface area contributed by atoms with Gasteiger partial charge in [-0.1, -0.05) is 125 Å². The van der Waals surface area contributed by atoms with Crippen molar-refractivity contribution in [3.05, 3.63) is 88.9 Å². The third kappa shape index (κ3) is 10.2. The molecule has 52 heavy (non-hydrogen) atoms. The number of aliphatic hydroxyl groups excluding tert-OH is 1. The van der Waals surface area contributed by atoms with Crippen molar-refractivity contribution >= 4 is 40.8 Å². The van der Waals surface area contributed by atoms with Crippen LogP contribution in [0.1, 0.15) is 93.1 Å². The highest BCUT2D eigenvalue weighted by Gasteiger charge is 2.39. The number of carbonyl (C=O) groups is 3. The lowest BCUT2D eigenvalue weighted by molar-refractivity contribution is -0.130. The second kappa shape index (κ2) is 19.8. The molecule has 1 aliphatic rings. The smallest absolute Gasteiger partial charge is 0.338 e. The van der Waals surface area contributed by atoms with E-state index in [-0.39, 0.29) is 41.3 Å². The van der Waals surface area contributed by atoms with Crippen LogP contribution in [-0.4, -0.2) is 64.0 Å². The molecule has 2 heterocycles. The SMILES string of the molecule is CCCCCCCCCCCCOC(=O)c1ccc(Cl)c(NC(=O)C(C(=O)N2CCc3ccccc32)n2nc(-c3ccccc3)nc2OCCO)c1. The lowest BCUT2D eigenvalue weighted by atomic mass is 10.1. The van der Waals surface area contributed by atoms with Crippen LogP contribution in [0.25, 0.3) is 11.4 Å². The molecule has 0 saturated carbocycles. The summed E-state index contributed by atoms with van der Waals surface area (Å²) in [4.78, 5) is 47.7. The van der Waals surface area contributed by atoms with Gasteiger partial charge in [0, 0.05) is 17.8 Å². The van der Waals surface area contributed by atoms with Crippen molar-refractivity contribution < 1.29 is 29.0 Å². The van der Waals surface area contributed by atoms with Crippen LogP contribution in [0, 0.1) is 0 Å². The Balaban J connectivity index is 1.31. The van der Waals surface area contributed by atoms with Crippen molar-refractivity contribution in [1.29, 1.82) is 0 Å². The average Bonchev–Trinajstić information content (AvgIpc) is 3.79. The largest absolute Gasteiger partial charge is 0.462 e.